The molecule has 2 aromatic rings. The number of benzene rings is 2. The van der Waals surface area contributed by atoms with Crippen molar-refractivity contribution in [2.24, 2.45) is 0 Å². The molecule has 29 heavy (non-hydrogen) atoms. The molecule has 0 N–H and O–H groups in total. The SMILES string of the molecule is CC(=O)N1CCN(c2ccc(C(=O)Oc3ccc(C)cc3C)cc2[N+](=O)[O-])CC1. The van der Waals surface area contributed by atoms with Gasteiger partial charge in [0.1, 0.15) is 11.4 Å². The molecule has 3 rings (SSSR count). The molecule has 0 bridgehead atoms. The van der Waals surface area contributed by atoms with Gasteiger partial charge in [-0.3, -0.25) is 14.9 Å². The molecule has 1 aliphatic heterocycles. The number of aryl methyl sites for hydroxylation is 2. The molecule has 1 aliphatic rings. The van der Waals surface area contributed by atoms with E-state index in [4.69, 9.17) is 4.74 Å². The highest BCUT2D eigenvalue weighted by Gasteiger charge is 2.26. The summed E-state index contributed by atoms with van der Waals surface area (Å²) in [6.45, 7) is 7.28. The van der Waals surface area contributed by atoms with E-state index in [1.807, 2.05) is 30.9 Å². The van der Waals surface area contributed by atoms with Gasteiger partial charge < -0.3 is 14.5 Å². The van der Waals surface area contributed by atoms with Crippen molar-refractivity contribution in [3.05, 3.63) is 63.2 Å². The van der Waals surface area contributed by atoms with E-state index >= 15 is 0 Å². The number of rotatable bonds is 4. The minimum Gasteiger partial charge on any atom is -0.423 e. The molecule has 0 aliphatic carbocycles. The highest BCUT2D eigenvalue weighted by atomic mass is 16.6. The molecule has 0 radical (unpaired) electrons. The molecule has 2 aromatic carbocycles. The van der Waals surface area contributed by atoms with Crippen LogP contribution in [-0.2, 0) is 4.79 Å². The highest BCUT2D eigenvalue weighted by molar-refractivity contribution is 5.93. The van der Waals surface area contributed by atoms with Crippen molar-refractivity contribution < 1.29 is 19.2 Å². The van der Waals surface area contributed by atoms with Gasteiger partial charge in [0.05, 0.1) is 10.5 Å². The van der Waals surface area contributed by atoms with Crippen LogP contribution in [0.15, 0.2) is 36.4 Å². The molecular formula is C21H23N3O5. The Labute approximate surface area is 168 Å². The van der Waals surface area contributed by atoms with E-state index in [9.17, 15) is 19.7 Å². The Morgan fingerprint density at radius 2 is 1.72 bits per heavy atom. The van der Waals surface area contributed by atoms with Crippen LogP contribution in [0.1, 0.15) is 28.4 Å². The van der Waals surface area contributed by atoms with Gasteiger partial charge in [0.25, 0.3) is 5.69 Å². The third kappa shape index (κ3) is 4.53. The first kappa shape index (κ1) is 20.3. The average molecular weight is 397 g/mol. The fraction of sp³-hybridized carbons (Fsp3) is 0.333. The molecule has 0 spiro atoms. The van der Waals surface area contributed by atoms with E-state index in [1.165, 1.54) is 19.1 Å². The quantitative estimate of drug-likeness (QED) is 0.341. The third-order valence-electron chi connectivity index (χ3n) is 5.01. The molecular weight excluding hydrogens is 374 g/mol. The zero-order valence-electron chi connectivity index (χ0n) is 16.7. The van der Waals surface area contributed by atoms with Crippen LogP contribution in [0.4, 0.5) is 11.4 Å². The van der Waals surface area contributed by atoms with Gasteiger partial charge in [0.15, 0.2) is 0 Å². The van der Waals surface area contributed by atoms with Gasteiger partial charge in [0, 0.05) is 39.2 Å². The largest absolute Gasteiger partial charge is 0.423 e. The highest BCUT2D eigenvalue weighted by Crippen LogP contribution is 2.31. The number of nitro groups is 1. The second-order valence-electron chi connectivity index (χ2n) is 7.11. The topological polar surface area (TPSA) is 93.0 Å². The molecule has 8 nitrogen and oxygen atoms in total. The Morgan fingerprint density at radius 3 is 2.31 bits per heavy atom. The smallest absolute Gasteiger partial charge is 0.343 e. The van der Waals surface area contributed by atoms with Crippen LogP contribution in [0.3, 0.4) is 0 Å². The number of nitro benzene ring substituents is 1. The van der Waals surface area contributed by atoms with Crippen LogP contribution in [0.2, 0.25) is 0 Å². The maximum Gasteiger partial charge on any atom is 0.343 e. The number of piperazine rings is 1. The number of carbonyl (C=O) groups is 2. The van der Waals surface area contributed by atoms with Gasteiger partial charge in [-0.25, -0.2) is 4.79 Å². The minimum atomic E-state index is -0.645. The molecule has 0 unspecified atom stereocenters. The lowest BCUT2D eigenvalue weighted by molar-refractivity contribution is -0.384. The second kappa shape index (κ2) is 8.30. The Morgan fingerprint density at radius 1 is 1.03 bits per heavy atom. The molecule has 0 aromatic heterocycles. The van der Waals surface area contributed by atoms with E-state index in [1.54, 1.807) is 17.0 Å². The number of nitrogens with zero attached hydrogens (tertiary/aromatic N) is 3. The van der Waals surface area contributed by atoms with Crippen molar-refractivity contribution in [1.29, 1.82) is 0 Å². The molecule has 1 amide bonds. The summed E-state index contributed by atoms with van der Waals surface area (Å²) in [6.07, 6.45) is 0. The van der Waals surface area contributed by atoms with Gasteiger partial charge in [-0.15, -0.1) is 0 Å². The zero-order valence-corrected chi connectivity index (χ0v) is 16.7. The number of carbonyl (C=O) groups excluding carboxylic acids is 2. The maximum absolute atomic E-state index is 12.5. The summed E-state index contributed by atoms with van der Waals surface area (Å²) in [7, 11) is 0. The minimum absolute atomic E-state index is 0.0105. The number of ether oxygens (including phenoxy) is 1. The molecule has 152 valence electrons. The summed E-state index contributed by atoms with van der Waals surface area (Å²) in [4.78, 5) is 38.7. The van der Waals surface area contributed by atoms with Crippen molar-refractivity contribution in [3.8, 4) is 5.75 Å². The predicted molar refractivity (Wildman–Crippen MR) is 108 cm³/mol. The zero-order chi connectivity index (χ0) is 21.1. The Bertz CT molecular complexity index is 965. The molecule has 1 heterocycles. The van der Waals surface area contributed by atoms with Crippen molar-refractivity contribution in [2.45, 2.75) is 20.8 Å². The van der Waals surface area contributed by atoms with E-state index in [0.29, 0.717) is 37.6 Å². The Balaban J connectivity index is 1.81. The van der Waals surface area contributed by atoms with Crippen LogP contribution in [0.5, 0.6) is 5.75 Å². The normalized spacial score (nSPS) is 13.9. The number of amides is 1. The first-order valence-electron chi connectivity index (χ1n) is 9.34. The maximum atomic E-state index is 12.5. The standard InChI is InChI=1S/C21H23N3O5/c1-14-4-7-20(15(2)12-14)29-21(26)17-5-6-18(19(13-17)24(27)28)23-10-8-22(9-11-23)16(3)25/h4-7,12-13H,8-11H2,1-3H3. The average Bonchev–Trinajstić information content (AvgIpc) is 2.69. The lowest BCUT2D eigenvalue weighted by atomic mass is 10.1. The summed E-state index contributed by atoms with van der Waals surface area (Å²) in [5.41, 5.74) is 2.25. The van der Waals surface area contributed by atoms with Crippen molar-refractivity contribution >= 4 is 23.3 Å². The van der Waals surface area contributed by atoms with Gasteiger partial charge in [-0.05, 0) is 37.6 Å². The van der Waals surface area contributed by atoms with Crippen LogP contribution in [-0.4, -0.2) is 47.9 Å². The number of esters is 1. The fourth-order valence-electron chi connectivity index (χ4n) is 3.40. The summed E-state index contributed by atoms with van der Waals surface area (Å²) in [5.74, 6) is -0.232. The lowest BCUT2D eigenvalue weighted by Gasteiger charge is -2.35. The van der Waals surface area contributed by atoms with Crippen molar-refractivity contribution in [3.63, 3.8) is 0 Å². The van der Waals surface area contributed by atoms with Crippen molar-refractivity contribution in [2.75, 3.05) is 31.1 Å². The Kier molecular flexibility index (Phi) is 5.81. The van der Waals surface area contributed by atoms with Crippen LogP contribution >= 0.6 is 0 Å². The summed E-state index contributed by atoms with van der Waals surface area (Å²) < 4.78 is 5.43. The lowest BCUT2D eigenvalue weighted by Crippen LogP contribution is -2.48. The summed E-state index contributed by atoms with van der Waals surface area (Å²) in [5, 5.41) is 11.6. The van der Waals surface area contributed by atoms with Crippen LogP contribution in [0.25, 0.3) is 0 Å². The molecule has 0 saturated carbocycles. The molecule has 0 atom stereocenters. The first-order valence-corrected chi connectivity index (χ1v) is 9.34. The third-order valence-corrected chi connectivity index (χ3v) is 5.01. The van der Waals surface area contributed by atoms with E-state index in [2.05, 4.69) is 0 Å². The Hall–Kier alpha value is -3.42. The fourth-order valence-corrected chi connectivity index (χ4v) is 3.40. The molecule has 8 heteroatoms. The van der Waals surface area contributed by atoms with Crippen molar-refractivity contribution in [1.82, 2.24) is 4.90 Å². The number of hydrogen-bond donors (Lipinski definition) is 0. The summed E-state index contributed by atoms with van der Waals surface area (Å²) >= 11 is 0. The monoisotopic (exact) mass is 397 g/mol. The molecule has 1 fully saturated rings. The predicted octanol–water partition coefficient (Wildman–Crippen LogP) is 3.10. The van der Waals surface area contributed by atoms with Gasteiger partial charge in [-0.1, -0.05) is 17.7 Å². The van der Waals surface area contributed by atoms with Crippen LogP contribution < -0.4 is 9.64 Å². The number of anilines is 1. The first-order chi connectivity index (χ1) is 13.8. The van der Waals surface area contributed by atoms with Gasteiger partial charge >= 0.3 is 5.97 Å². The van der Waals surface area contributed by atoms with Gasteiger partial charge in [-0.2, -0.15) is 0 Å². The van der Waals surface area contributed by atoms with E-state index in [-0.39, 0.29) is 17.2 Å². The van der Waals surface area contributed by atoms with Gasteiger partial charge in [0.2, 0.25) is 5.91 Å². The molecule has 1 saturated heterocycles. The van der Waals surface area contributed by atoms with E-state index in [0.717, 1.165) is 11.1 Å². The van der Waals surface area contributed by atoms with Crippen LogP contribution in [0, 0.1) is 24.0 Å². The summed E-state index contributed by atoms with van der Waals surface area (Å²) in [6, 6.07) is 9.79. The van der Waals surface area contributed by atoms with E-state index < -0.39 is 10.9 Å². The number of hydrogen-bond acceptors (Lipinski definition) is 6. The second-order valence-corrected chi connectivity index (χ2v) is 7.11.